The second-order valence-electron chi connectivity index (χ2n) is 8.48. The second kappa shape index (κ2) is 8.46. The first kappa shape index (κ1) is 21.0. The number of methoxy groups -OCH3 is 1. The lowest BCUT2D eigenvalue weighted by Gasteiger charge is -2.26. The maximum Gasteiger partial charge on any atom is 0.272 e. The topological polar surface area (TPSA) is 63.6 Å². The molecule has 2 amide bonds. The van der Waals surface area contributed by atoms with Crippen LogP contribution in [0.2, 0.25) is 0 Å². The first-order chi connectivity index (χ1) is 14.9. The predicted octanol–water partition coefficient (Wildman–Crippen LogP) is 3.89. The van der Waals surface area contributed by atoms with E-state index in [0.717, 1.165) is 34.2 Å². The number of rotatable bonds is 7. The number of benzene rings is 2. The minimum Gasteiger partial charge on any atom is -0.497 e. The number of aryl methyl sites for hydroxylation is 1. The zero-order valence-corrected chi connectivity index (χ0v) is 18.5. The molecule has 1 N–H and O–H groups in total. The molecule has 1 aliphatic heterocycles. The van der Waals surface area contributed by atoms with Gasteiger partial charge in [0.05, 0.1) is 13.2 Å². The van der Waals surface area contributed by atoms with Gasteiger partial charge in [0, 0.05) is 30.1 Å². The predicted molar refractivity (Wildman–Crippen MR) is 121 cm³/mol. The fourth-order valence-electron chi connectivity index (χ4n) is 4.37. The van der Waals surface area contributed by atoms with E-state index in [-0.39, 0.29) is 24.4 Å². The Morgan fingerprint density at radius 2 is 1.84 bits per heavy atom. The number of hydrogen-bond donors (Lipinski definition) is 1. The van der Waals surface area contributed by atoms with Crippen LogP contribution >= 0.6 is 0 Å². The molecule has 4 rings (SSSR count). The molecule has 0 saturated carbocycles. The first-order valence-electron chi connectivity index (χ1n) is 10.7. The second-order valence-corrected chi connectivity index (χ2v) is 8.48. The van der Waals surface area contributed by atoms with Gasteiger partial charge >= 0.3 is 0 Å². The van der Waals surface area contributed by atoms with Gasteiger partial charge in [0.1, 0.15) is 18.0 Å². The molecule has 6 heteroatoms. The number of hydrogen-bond acceptors (Lipinski definition) is 3. The van der Waals surface area contributed by atoms with Crippen LogP contribution in [0.15, 0.2) is 48.5 Å². The van der Waals surface area contributed by atoms with E-state index in [4.69, 9.17) is 4.74 Å². The summed E-state index contributed by atoms with van der Waals surface area (Å²) in [5.74, 6) is 1.01. The van der Waals surface area contributed by atoms with E-state index in [1.165, 1.54) is 0 Å². The minimum atomic E-state index is -0.324. The Morgan fingerprint density at radius 1 is 1.13 bits per heavy atom. The summed E-state index contributed by atoms with van der Waals surface area (Å²) in [4.78, 5) is 27.9. The lowest BCUT2D eigenvalue weighted by atomic mass is 9.98. The molecule has 1 unspecified atom stereocenters. The largest absolute Gasteiger partial charge is 0.497 e. The van der Waals surface area contributed by atoms with E-state index in [9.17, 15) is 9.59 Å². The Hall–Kier alpha value is -3.28. The normalized spacial score (nSPS) is 15.6. The van der Waals surface area contributed by atoms with Crippen LogP contribution in [0.3, 0.4) is 0 Å². The van der Waals surface area contributed by atoms with E-state index < -0.39 is 0 Å². The number of amides is 2. The van der Waals surface area contributed by atoms with Gasteiger partial charge in [-0.05, 0) is 36.1 Å². The maximum atomic E-state index is 13.5. The van der Waals surface area contributed by atoms with Gasteiger partial charge in [0.2, 0.25) is 5.91 Å². The Bertz CT molecular complexity index is 1110. The Morgan fingerprint density at radius 3 is 2.52 bits per heavy atom. The van der Waals surface area contributed by atoms with Gasteiger partial charge in [-0.2, -0.15) is 0 Å². The number of para-hydroxylation sites is 1. The Balaban J connectivity index is 1.73. The molecule has 0 radical (unpaired) electrons. The van der Waals surface area contributed by atoms with Gasteiger partial charge in [-0.1, -0.05) is 44.2 Å². The van der Waals surface area contributed by atoms with Crippen molar-refractivity contribution in [2.45, 2.75) is 26.3 Å². The maximum absolute atomic E-state index is 13.5. The number of fused-ring (bicyclic) bond motifs is 3. The number of nitrogens with one attached hydrogen (secondary N) is 1. The van der Waals surface area contributed by atoms with Gasteiger partial charge in [0.15, 0.2) is 0 Å². The summed E-state index contributed by atoms with van der Waals surface area (Å²) in [7, 11) is 3.54. The standard InChI is InChI=1S/C25H29N3O3/c1-16(2)13-14-26-21(29)15-28-23(17-9-11-18(31-4)12-10-17)22-19-7-5-6-8-20(19)27(3)24(22)25(28)30/h5-12,16,23H,13-15H2,1-4H3,(H,26,29). The average molecular weight is 420 g/mol. The summed E-state index contributed by atoms with van der Waals surface area (Å²) in [6, 6.07) is 15.4. The van der Waals surface area contributed by atoms with Gasteiger partial charge in [0.25, 0.3) is 5.91 Å². The molecule has 0 saturated heterocycles. The first-order valence-corrected chi connectivity index (χ1v) is 10.7. The van der Waals surface area contributed by atoms with Gasteiger partial charge in [-0.15, -0.1) is 0 Å². The van der Waals surface area contributed by atoms with Crippen LogP contribution in [0.1, 0.15) is 47.9 Å². The number of aromatic nitrogens is 1. The van der Waals surface area contributed by atoms with Crippen molar-refractivity contribution >= 4 is 22.7 Å². The van der Waals surface area contributed by atoms with E-state index >= 15 is 0 Å². The number of carbonyl (C=O) groups excluding carboxylic acids is 2. The van der Waals surface area contributed by atoms with Crippen molar-refractivity contribution in [1.82, 2.24) is 14.8 Å². The quantitative estimate of drug-likeness (QED) is 0.632. The van der Waals surface area contributed by atoms with Crippen LogP contribution in [0.5, 0.6) is 5.75 Å². The SMILES string of the molecule is COc1ccc(C2c3c(n(C)c4ccccc34)C(=O)N2CC(=O)NCCC(C)C)cc1. The molecule has 6 nitrogen and oxygen atoms in total. The molecule has 162 valence electrons. The van der Waals surface area contributed by atoms with E-state index in [1.54, 1.807) is 12.0 Å². The lowest BCUT2D eigenvalue weighted by Crippen LogP contribution is -2.40. The molecule has 0 bridgehead atoms. The van der Waals surface area contributed by atoms with E-state index in [0.29, 0.717) is 18.2 Å². The summed E-state index contributed by atoms with van der Waals surface area (Å²) < 4.78 is 7.25. The Labute approximate surface area is 182 Å². The van der Waals surface area contributed by atoms with Crippen LogP contribution < -0.4 is 10.1 Å². The average Bonchev–Trinajstić information content (AvgIpc) is 3.21. The third kappa shape index (κ3) is 3.78. The van der Waals surface area contributed by atoms with Crippen molar-refractivity contribution in [1.29, 1.82) is 0 Å². The highest BCUT2D eigenvalue weighted by molar-refractivity contribution is 6.07. The highest BCUT2D eigenvalue weighted by Crippen LogP contribution is 2.43. The number of carbonyl (C=O) groups is 2. The Kier molecular flexibility index (Phi) is 5.72. The number of ether oxygens (including phenoxy) is 1. The van der Waals surface area contributed by atoms with E-state index in [2.05, 4.69) is 19.2 Å². The highest BCUT2D eigenvalue weighted by Gasteiger charge is 2.42. The molecule has 3 aromatic rings. The molecule has 0 fully saturated rings. The minimum absolute atomic E-state index is 0.0244. The van der Waals surface area contributed by atoms with Crippen molar-refractivity contribution in [2.24, 2.45) is 13.0 Å². The summed E-state index contributed by atoms with van der Waals surface area (Å²) in [5.41, 5.74) is 3.58. The van der Waals surface area contributed by atoms with Crippen LogP contribution in [-0.4, -0.2) is 41.5 Å². The van der Waals surface area contributed by atoms with Crippen molar-refractivity contribution in [3.8, 4) is 5.75 Å². The molecular weight excluding hydrogens is 390 g/mol. The molecule has 0 spiro atoms. The van der Waals surface area contributed by atoms with Gasteiger partial charge < -0.3 is 19.5 Å². The van der Waals surface area contributed by atoms with Crippen molar-refractivity contribution < 1.29 is 14.3 Å². The van der Waals surface area contributed by atoms with Gasteiger partial charge in [-0.25, -0.2) is 0 Å². The highest BCUT2D eigenvalue weighted by atomic mass is 16.5. The van der Waals surface area contributed by atoms with Crippen molar-refractivity contribution in [3.63, 3.8) is 0 Å². The summed E-state index contributed by atoms with van der Waals surface area (Å²) in [5, 5.41) is 4.00. The molecule has 0 aliphatic carbocycles. The molecule has 31 heavy (non-hydrogen) atoms. The van der Waals surface area contributed by atoms with Crippen LogP contribution in [0, 0.1) is 5.92 Å². The van der Waals surface area contributed by atoms with Crippen molar-refractivity contribution in [2.75, 3.05) is 20.2 Å². The molecular formula is C25H29N3O3. The van der Waals surface area contributed by atoms with Crippen molar-refractivity contribution in [3.05, 3.63) is 65.4 Å². The third-order valence-corrected chi connectivity index (χ3v) is 5.98. The van der Waals surface area contributed by atoms with E-state index in [1.807, 2.05) is 60.1 Å². The monoisotopic (exact) mass is 419 g/mol. The summed E-state index contributed by atoms with van der Waals surface area (Å²) in [6.45, 7) is 4.88. The summed E-state index contributed by atoms with van der Waals surface area (Å²) in [6.07, 6.45) is 0.909. The van der Waals surface area contributed by atoms with Crippen LogP contribution in [0.25, 0.3) is 10.9 Å². The van der Waals surface area contributed by atoms with Gasteiger partial charge in [-0.3, -0.25) is 9.59 Å². The van der Waals surface area contributed by atoms with Crippen LogP contribution in [0.4, 0.5) is 0 Å². The molecule has 2 aromatic carbocycles. The fraction of sp³-hybridized carbons (Fsp3) is 0.360. The van der Waals surface area contributed by atoms with Crippen LogP contribution in [-0.2, 0) is 11.8 Å². The lowest BCUT2D eigenvalue weighted by molar-refractivity contribution is -0.122. The third-order valence-electron chi connectivity index (χ3n) is 5.98. The molecule has 2 heterocycles. The number of nitrogens with zero attached hydrogens (tertiary/aromatic N) is 2. The fourth-order valence-corrected chi connectivity index (χ4v) is 4.37. The summed E-state index contributed by atoms with van der Waals surface area (Å²) >= 11 is 0. The smallest absolute Gasteiger partial charge is 0.272 e. The molecule has 1 aliphatic rings. The molecule has 1 atom stereocenters. The zero-order valence-electron chi connectivity index (χ0n) is 18.5. The zero-order chi connectivity index (χ0) is 22.1. The molecule has 1 aromatic heterocycles.